The van der Waals surface area contributed by atoms with Crippen LogP contribution in [-0.4, -0.2) is 32.8 Å². The average molecular weight is 288 g/mol. The number of methoxy groups -OCH3 is 1. The first kappa shape index (κ1) is 13.0. The Bertz CT molecular complexity index is 344. The van der Waals surface area contributed by atoms with E-state index in [-0.39, 0.29) is 12.5 Å². The molecular weight excluding hydrogens is 274 g/mol. The van der Waals surface area contributed by atoms with Gasteiger partial charge < -0.3 is 14.8 Å². The van der Waals surface area contributed by atoms with Crippen LogP contribution in [0, 0.1) is 0 Å². The van der Waals surface area contributed by atoms with Crippen LogP contribution in [-0.2, 0) is 9.53 Å². The van der Waals surface area contributed by atoms with Gasteiger partial charge in [0.2, 0.25) is 0 Å². The van der Waals surface area contributed by atoms with Gasteiger partial charge >= 0.3 is 0 Å². The van der Waals surface area contributed by atoms with Gasteiger partial charge in [-0.1, -0.05) is 22.0 Å². The number of nitrogens with one attached hydrogen (secondary N) is 1. The minimum atomic E-state index is -0.156. The predicted molar refractivity (Wildman–Crippen MR) is 64.5 cm³/mol. The molecule has 4 nitrogen and oxygen atoms in total. The zero-order valence-corrected chi connectivity index (χ0v) is 10.6. The summed E-state index contributed by atoms with van der Waals surface area (Å²) in [4.78, 5) is 11.3. The highest BCUT2D eigenvalue weighted by Gasteiger charge is 2.01. The van der Waals surface area contributed by atoms with Gasteiger partial charge in [-0.3, -0.25) is 4.79 Å². The second-order valence-corrected chi connectivity index (χ2v) is 4.00. The van der Waals surface area contributed by atoms with E-state index in [2.05, 4.69) is 21.2 Å². The van der Waals surface area contributed by atoms with Crippen LogP contribution in [0.5, 0.6) is 5.75 Å². The van der Waals surface area contributed by atoms with Gasteiger partial charge in [-0.15, -0.1) is 0 Å². The van der Waals surface area contributed by atoms with E-state index in [1.54, 1.807) is 13.2 Å². The van der Waals surface area contributed by atoms with E-state index in [1.807, 2.05) is 18.2 Å². The van der Waals surface area contributed by atoms with Crippen molar-refractivity contribution in [2.75, 3.05) is 26.9 Å². The van der Waals surface area contributed by atoms with Crippen molar-refractivity contribution in [3.63, 3.8) is 0 Å². The SMILES string of the molecule is COCCNC(=O)COc1cccc(Br)c1. The summed E-state index contributed by atoms with van der Waals surface area (Å²) >= 11 is 3.32. The highest BCUT2D eigenvalue weighted by Crippen LogP contribution is 2.17. The quantitative estimate of drug-likeness (QED) is 0.809. The summed E-state index contributed by atoms with van der Waals surface area (Å²) in [5, 5.41) is 2.67. The smallest absolute Gasteiger partial charge is 0.258 e. The molecule has 0 saturated carbocycles. The molecule has 0 radical (unpaired) electrons. The van der Waals surface area contributed by atoms with Crippen LogP contribution < -0.4 is 10.1 Å². The summed E-state index contributed by atoms with van der Waals surface area (Å²) in [6.45, 7) is 1.01. The first-order valence-electron chi connectivity index (χ1n) is 4.86. The normalized spacial score (nSPS) is 9.88. The van der Waals surface area contributed by atoms with Crippen molar-refractivity contribution in [1.82, 2.24) is 5.32 Å². The van der Waals surface area contributed by atoms with Crippen molar-refractivity contribution in [3.05, 3.63) is 28.7 Å². The van der Waals surface area contributed by atoms with Crippen LogP contribution in [0.25, 0.3) is 0 Å². The molecule has 0 heterocycles. The number of benzene rings is 1. The molecule has 16 heavy (non-hydrogen) atoms. The number of hydrogen-bond donors (Lipinski definition) is 1. The van der Waals surface area contributed by atoms with E-state index in [0.717, 1.165) is 4.47 Å². The highest BCUT2D eigenvalue weighted by atomic mass is 79.9. The molecule has 1 amide bonds. The molecule has 1 N–H and O–H groups in total. The Morgan fingerprint density at radius 2 is 2.31 bits per heavy atom. The van der Waals surface area contributed by atoms with Crippen molar-refractivity contribution in [3.8, 4) is 5.75 Å². The molecular formula is C11H14BrNO3. The predicted octanol–water partition coefficient (Wildman–Crippen LogP) is 1.59. The number of halogens is 1. The van der Waals surface area contributed by atoms with Gasteiger partial charge in [-0.25, -0.2) is 0 Å². The lowest BCUT2D eigenvalue weighted by Gasteiger charge is -2.07. The van der Waals surface area contributed by atoms with Crippen molar-refractivity contribution >= 4 is 21.8 Å². The van der Waals surface area contributed by atoms with Crippen molar-refractivity contribution in [1.29, 1.82) is 0 Å². The van der Waals surface area contributed by atoms with E-state index in [1.165, 1.54) is 0 Å². The molecule has 0 saturated heterocycles. The van der Waals surface area contributed by atoms with Crippen LogP contribution in [0.3, 0.4) is 0 Å². The van der Waals surface area contributed by atoms with Crippen LogP contribution in [0.4, 0.5) is 0 Å². The molecule has 5 heteroatoms. The second-order valence-electron chi connectivity index (χ2n) is 3.09. The first-order valence-corrected chi connectivity index (χ1v) is 5.65. The number of ether oxygens (including phenoxy) is 2. The Labute approximate surface area is 103 Å². The maximum atomic E-state index is 11.3. The van der Waals surface area contributed by atoms with Crippen LogP contribution >= 0.6 is 15.9 Å². The number of carbonyl (C=O) groups excluding carboxylic acids is 1. The van der Waals surface area contributed by atoms with Gasteiger partial charge in [-0.05, 0) is 18.2 Å². The van der Waals surface area contributed by atoms with Crippen molar-refractivity contribution in [2.45, 2.75) is 0 Å². The fourth-order valence-electron chi connectivity index (χ4n) is 1.05. The lowest BCUT2D eigenvalue weighted by molar-refractivity contribution is -0.123. The Hall–Kier alpha value is -1.07. The van der Waals surface area contributed by atoms with E-state index >= 15 is 0 Å². The summed E-state index contributed by atoms with van der Waals surface area (Å²) in [5.41, 5.74) is 0. The molecule has 1 rings (SSSR count). The van der Waals surface area contributed by atoms with Gasteiger partial charge in [0.1, 0.15) is 5.75 Å². The number of amides is 1. The summed E-state index contributed by atoms with van der Waals surface area (Å²) in [5.74, 6) is 0.508. The molecule has 0 aliphatic carbocycles. The Morgan fingerprint density at radius 1 is 1.50 bits per heavy atom. The first-order chi connectivity index (χ1) is 7.72. The molecule has 1 aromatic carbocycles. The summed E-state index contributed by atoms with van der Waals surface area (Å²) in [6.07, 6.45) is 0. The molecule has 0 aromatic heterocycles. The Morgan fingerprint density at radius 3 is 3.00 bits per heavy atom. The topological polar surface area (TPSA) is 47.6 Å². The molecule has 0 bridgehead atoms. The monoisotopic (exact) mass is 287 g/mol. The standard InChI is InChI=1S/C11H14BrNO3/c1-15-6-5-13-11(14)8-16-10-4-2-3-9(12)7-10/h2-4,7H,5-6,8H2,1H3,(H,13,14). The maximum Gasteiger partial charge on any atom is 0.258 e. The lowest BCUT2D eigenvalue weighted by atomic mass is 10.3. The minimum Gasteiger partial charge on any atom is -0.484 e. The van der Waals surface area contributed by atoms with Crippen LogP contribution in [0.1, 0.15) is 0 Å². The Kier molecular flexibility index (Phi) is 5.88. The van der Waals surface area contributed by atoms with Gasteiger partial charge in [0.25, 0.3) is 5.91 Å². The van der Waals surface area contributed by atoms with Crippen molar-refractivity contribution in [2.24, 2.45) is 0 Å². The zero-order valence-electron chi connectivity index (χ0n) is 9.03. The van der Waals surface area contributed by atoms with E-state index in [0.29, 0.717) is 18.9 Å². The summed E-state index contributed by atoms with van der Waals surface area (Å²) in [6, 6.07) is 7.35. The third-order valence-corrected chi connectivity index (χ3v) is 2.29. The number of carbonyl (C=O) groups is 1. The van der Waals surface area contributed by atoms with Crippen LogP contribution in [0.2, 0.25) is 0 Å². The fraction of sp³-hybridized carbons (Fsp3) is 0.364. The molecule has 0 aliphatic rings. The molecule has 0 spiro atoms. The maximum absolute atomic E-state index is 11.3. The number of rotatable bonds is 6. The second kappa shape index (κ2) is 7.24. The average Bonchev–Trinajstić information content (AvgIpc) is 2.27. The zero-order chi connectivity index (χ0) is 11.8. The van der Waals surface area contributed by atoms with Gasteiger partial charge in [0, 0.05) is 18.1 Å². The Balaban J connectivity index is 2.26. The lowest BCUT2D eigenvalue weighted by Crippen LogP contribution is -2.31. The third-order valence-electron chi connectivity index (χ3n) is 1.79. The highest BCUT2D eigenvalue weighted by molar-refractivity contribution is 9.10. The number of hydrogen-bond acceptors (Lipinski definition) is 3. The largest absolute Gasteiger partial charge is 0.484 e. The molecule has 0 aliphatic heterocycles. The van der Waals surface area contributed by atoms with E-state index in [4.69, 9.17) is 9.47 Å². The summed E-state index contributed by atoms with van der Waals surface area (Å²) < 4.78 is 11.0. The van der Waals surface area contributed by atoms with Crippen LogP contribution in [0.15, 0.2) is 28.7 Å². The fourth-order valence-corrected chi connectivity index (χ4v) is 1.43. The third kappa shape index (κ3) is 5.14. The van der Waals surface area contributed by atoms with Gasteiger partial charge in [0.15, 0.2) is 6.61 Å². The molecule has 1 aromatic rings. The van der Waals surface area contributed by atoms with E-state index in [9.17, 15) is 4.79 Å². The summed E-state index contributed by atoms with van der Waals surface area (Å²) in [7, 11) is 1.59. The van der Waals surface area contributed by atoms with E-state index < -0.39 is 0 Å². The van der Waals surface area contributed by atoms with Crippen molar-refractivity contribution < 1.29 is 14.3 Å². The van der Waals surface area contributed by atoms with Gasteiger partial charge in [0.05, 0.1) is 6.61 Å². The molecule has 0 unspecified atom stereocenters. The molecule has 0 atom stereocenters. The van der Waals surface area contributed by atoms with Gasteiger partial charge in [-0.2, -0.15) is 0 Å². The minimum absolute atomic E-state index is 0.0141. The molecule has 0 fully saturated rings. The molecule has 88 valence electrons.